The third kappa shape index (κ3) is 7.91. The van der Waals surface area contributed by atoms with E-state index in [1.807, 2.05) is 0 Å². The second-order valence-corrected chi connectivity index (χ2v) is 6.94. The van der Waals surface area contributed by atoms with Crippen molar-refractivity contribution in [3.63, 3.8) is 0 Å². The average molecular weight is 315 g/mol. The molecule has 1 fully saturated rings. The highest BCUT2D eigenvalue weighted by Gasteiger charge is 2.33. The van der Waals surface area contributed by atoms with Crippen molar-refractivity contribution in [2.45, 2.75) is 83.3 Å². The third-order valence-electron chi connectivity index (χ3n) is 4.88. The minimum Gasteiger partial charge on any atom is -0.396 e. The number of likely N-dealkylation sites (tertiary alicyclic amines) is 1. The van der Waals surface area contributed by atoms with Gasteiger partial charge in [0.1, 0.15) is 0 Å². The molecule has 0 aromatic heterocycles. The van der Waals surface area contributed by atoms with Crippen molar-refractivity contribution in [1.29, 1.82) is 0 Å². The van der Waals surface area contributed by atoms with Gasteiger partial charge in [-0.15, -0.1) is 0 Å². The van der Waals surface area contributed by atoms with E-state index < -0.39 is 12.2 Å². The normalized spacial score (nSPS) is 26.5. The Morgan fingerprint density at radius 3 is 1.91 bits per heavy atom. The van der Waals surface area contributed by atoms with Crippen LogP contribution in [0.5, 0.6) is 0 Å². The molecule has 1 aliphatic heterocycles. The quantitative estimate of drug-likeness (QED) is 0.484. The summed E-state index contributed by atoms with van der Waals surface area (Å²) < 4.78 is 0. The zero-order chi connectivity index (χ0) is 16.2. The molecule has 1 rings (SSSR count). The molecule has 0 aliphatic carbocycles. The maximum atomic E-state index is 9.81. The van der Waals surface area contributed by atoms with E-state index in [9.17, 15) is 15.3 Å². The first-order valence-corrected chi connectivity index (χ1v) is 9.38. The Bertz CT molecular complexity index is 263. The predicted octanol–water partition coefficient (Wildman–Crippen LogP) is 2.55. The fourth-order valence-electron chi connectivity index (χ4n) is 3.37. The van der Waals surface area contributed by atoms with E-state index in [-0.39, 0.29) is 12.5 Å². The first-order valence-electron chi connectivity index (χ1n) is 9.38. The molecule has 0 unspecified atom stereocenters. The molecule has 4 nitrogen and oxygen atoms in total. The fraction of sp³-hybridized carbons (Fsp3) is 1.00. The standard InChI is InChI=1S/C18H37NO3/c1-2-3-4-5-6-7-8-9-10-11-12-19-13-16(15-20)18(22)17(21)14-19/h16-18,20-22H,2-15H2,1H3/t16-,17-,18-/m1/s1. The molecule has 0 aromatic carbocycles. The van der Waals surface area contributed by atoms with E-state index >= 15 is 0 Å². The van der Waals surface area contributed by atoms with Gasteiger partial charge in [-0.3, -0.25) is 0 Å². The van der Waals surface area contributed by atoms with Crippen LogP contribution in [-0.4, -0.2) is 58.7 Å². The zero-order valence-corrected chi connectivity index (χ0v) is 14.4. The lowest BCUT2D eigenvalue weighted by molar-refractivity contribution is -0.0861. The Morgan fingerprint density at radius 1 is 0.818 bits per heavy atom. The van der Waals surface area contributed by atoms with Gasteiger partial charge in [-0.1, -0.05) is 64.7 Å². The summed E-state index contributed by atoms with van der Waals surface area (Å²) in [6, 6.07) is 0. The topological polar surface area (TPSA) is 63.9 Å². The number of piperidine rings is 1. The van der Waals surface area contributed by atoms with Gasteiger partial charge in [0.05, 0.1) is 12.2 Å². The van der Waals surface area contributed by atoms with E-state index in [1.54, 1.807) is 0 Å². The molecule has 132 valence electrons. The molecule has 0 spiro atoms. The smallest absolute Gasteiger partial charge is 0.0929 e. The minimum atomic E-state index is -0.769. The molecule has 1 saturated heterocycles. The lowest BCUT2D eigenvalue weighted by Crippen LogP contribution is -2.53. The maximum absolute atomic E-state index is 9.81. The summed E-state index contributed by atoms with van der Waals surface area (Å²) in [6.07, 6.45) is 11.8. The zero-order valence-electron chi connectivity index (χ0n) is 14.4. The number of aliphatic hydroxyl groups is 3. The molecule has 0 saturated carbocycles. The molecular weight excluding hydrogens is 278 g/mol. The molecule has 1 heterocycles. The molecule has 4 heteroatoms. The molecular formula is C18H37NO3. The van der Waals surface area contributed by atoms with Crippen molar-refractivity contribution in [2.24, 2.45) is 5.92 Å². The van der Waals surface area contributed by atoms with Crippen LogP contribution in [0.3, 0.4) is 0 Å². The van der Waals surface area contributed by atoms with Crippen LogP contribution < -0.4 is 0 Å². The van der Waals surface area contributed by atoms with Crippen molar-refractivity contribution in [2.75, 3.05) is 26.2 Å². The Balaban J connectivity index is 1.96. The lowest BCUT2D eigenvalue weighted by atomic mass is 9.93. The van der Waals surface area contributed by atoms with Crippen LogP contribution in [0.15, 0.2) is 0 Å². The molecule has 0 bridgehead atoms. The predicted molar refractivity (Wildman–Crippen MR) is 90.9 cm³/mol. The van der Waals surface area contributed by atoms with E-state index in [2.05, 4.69) is 11.8 Å². The van der Waals surface area contributed by atoms with Gasteiger partial charge in [0, 0.05) is 25.6 Å². The van der Waals surface area contributed by atoms with E-state index in [0.717, 1.165) is 13.0 Å². The van der Waals surface area contributed by atoms with Crippen molar-refractivity contribution in [1.82, 2.24) is 4.90 Å². The third-order valence-corrected chi connectivity index (χ3v) is 4.88. The number of hydrogen-bond donors (Lipinski definition) is 3. The Labute approximate surface area is 136 Å². The molecule has 0 amide bonds. The number of nitrogens with zero attached hydrogens (tertiary/aromatic N) is 1. The number of unbranched alkanes of at least 4 members (excludes halogenated alkanes) is 9. The summed E-state index contributed by atoms with van der Waals surface area (Å²) in [5, 5.41) is 28.8. The highest BCUT2D eigenvalue weighted by molar-refractivity contribution is 4.86. The van der Waals surface area contributed by atoms with Crippen LogP contribution in [0, 0.1) is 5.92 Å². The number of β-amino-alcohol motifs (C(OH)–C–C–N with tert-alkyl or cyclic N) is 1. The van der Waals surface area contributed by atoms with Crippen LogP contribution in [0.25, 0.3) is 0 Å². The minimum absolute atomic E-state index is 0.0489. The average Bonchev–Trinajstić information content (AvgIpc) is 2.52. The summed E-state index contributed by atoms with van der Waals surface area (Å²) in [7, 11) is 0. The Morgan fingerprint density at radius 2 is 1.36 bits per heavy atom. The Hall–Kier alpha value is -0.160. The van der Waals surface area contributed by atoms with Crippen molar-refractivity contribution < 1.29 is 15.3 Å². The summed E-state index contributed by atoms with van der Waals surface area (Å²) in [6.45, 7) is 4.41. The highest BCUT2D eigenvalue weighted by atomic mass is 16.3. The van der Waals surface area contributed by atoms with Crippen LogP contribution >= 0.6 is 0 Å². The molecule has 3 atom stereocenters. The second kappa shape index (κ2) is 12.3. The van der Waals surface area contributed by atoms with Crippen LogP contribution in [0.1, 0.15) is 71.1 Å². The lowest BCUT2D eigenvalue weighted by Gasteiger charge is -2.38. The van der Waals surface area contributed by atoms with Gasteiger partial charge in [-0.2, -0.15) is 0 Å². The first-order chi connectivity index (χ1) is 10.7. The number of rotatable bonds is 12. The van der Waals surface area contributed by atoms with Crippen LogP contribution in [0.2, 0.25) is 0 Å². The second-order valence-electron chi connectivity index (χ2n) is 6.94. The molecule has 1 aliphatic rings. The van der Waals surface area contributed by atoms with Gasteiger partial charge in [-0.05, 0) is 13.0 Å². The van der Waals surface area contributed by atoms with Gasteiger partial charge < -0.3 is 20.2 Å². The molecule has 0 radical (unpaired) electrons. The number of hydrogen-bond acceptors (Lipinski definition) is 4. The van der Waals surface area contributed by atoms with Crippen molar-refractivity contribution in [3.05, 3.63) is 0 Å². The maximum Gasteiger partial charge on any atom is 0.0929 e. The summed E-state index contributed by atoms with van der Waals surface area (Å²) >= 11 is 0. The first kappa shape index (κ1) is 19.9. The Kier molecular flexibility index (Phi) is 11.1. The van der Waals surface area contributed by atoms with E-state index in [1.165, 1.54) is 57.8 Å². The van der Waals surface area contributed by atoms with E-state index in [0.29, 0.717) is 13.1 Å². The monoisotopic (exact) mass is 315 g/mol. The van der Waals surface area contributed by atoms with Crippen molar-refractivity contribution >= 4 is 0 Å². The molecule has 22 heavy (non-hydrogen) atoms. The van der Waals surface area contributed by atoms with Gasteiger partial charge in [0.15, 0.2) is 0 Å². The fourth-order valence-corrected chi connectivity index (χ4v) is 3.37. The van der Waals surface area contributed by atoms with Crippen LogP contribution in [-0.2, 0) is 0 Å². The van der Waals surface area contributed by atoms with Gasteiger partial charge in [0.2, 0.25) is 0 Å². The van der Waals surface area contributed by atoms with Gasteiger partial charge in [0.25, 0.3) is 0 Å². The number of aliphatic hydroxyl groups excluding tert-OH is 3. The summed E-state index contributed by atoms with van der Waals surface area (Å²) in [4.78, 5) is 2.18. The van der Waals surface area contributed by atoms with Crippen LogP contribution in [0.4, 0.5) is 0 Å². The van der Waals surface area contributed by atoms with Gasteiger partial charge >= 0.3 is 0 Å². The van der Waals surface area contributed by atoms with E-state index in [4.69, 9.17) is 0 Å². The van der Waals surface area contributed by atoms with Gasteiger partial charge in [-0.25, -0.2) is 0 Å². The molecule has 3 N–H and O–H groups in total. The SMILES string of the molecule is CCCCCCCCCCCCN1C[C@H](CO)[C@@H](O)[C@H](O)C1. The van der Waals surface area contributed by atoms with Crippen molar-refractivity contribution in [3.8, 4) is 0 Å². The molecule has 0 aromatic rings. The summed E-state index contributed by atoms with van der Waals surface area (Å²) in [5.41, 5.74) is 0. The largest absolute Gasteiger partial charge is 0.396 e. The highest BCUT2D eigenvalue weighted by Crippen LogP contribution is 2.18. The summed E-state index contributed by atoms with van der Waals surface area (Å²) in [5.74, 6) is -0.202.